The molecule has 1 aliphatic heterocycles. The minimum absolute atomic E-state index is 0.787. The van der Waals surface area contributed by atoms with Crippen LogP contribution in [0, 0.1) is 0 Å². The highest BCUT2D eigenvalue weighted by Gasteiger charge is 2.14. The fraction of sp³-hybridized carbons (Fsp3) is 0.538. The number of unbranched alkanes of at least 4 members (excludes halogenated alkanes) is 1. The van der Waals surface area contributed by atoms with Crippen molar-refractivity contribution in [3.63, 3.8) is 0 Å². The van der Waals surface area contributed by atoms with E-state index >= 15 is 0 Å². The summed E-state index contributed by atoms with van der Waals surface area (Å²) in [6.45, 7) is 2.36. The first kappa shape index (κ1) is 10.8. The Morgan fingerprint density at radius 2 is 2.07 bits per heavy atom. The number of hydrogen-bond acceptors (Lipinski definition) is 1. The van der Waals surface area contributed by atoms with Crippen LogP contribution in [0.5, 0.6) is 0 Å². The van der Waals surface area contributed by atoms with Crippen molar-refractivity contribution in [2.24, 2.45) is 0 Å². The molecule has 0 spiro atoms. The molecule has 0 unspecified atom stereocenters. The average molecular weight is 224 g/mol. The molecule has 1 aromatic rings. The van der Waals surface area contributed by atoms with Gasteiger partial charge in [-0.1, -0.05) is 18.2 Å². The van der Waals surface area contributed by atoms with Crippen LogP contribution in [0.1, 0.15) is 24.8 Å². The maximum absolute atomic E-state index is 5.70. The topological polar surface area (TPSA) is 3.24 Å². The highest BCUT2D eigenvalue weighted by Crippen LogP contribution is 2.26. The average Bonchev–Trinajstić information content (AvgIpc) is 2.30. The minimum Gasteiger partial charge on any atom is -0.371 e. The molecule has 1 aliphatic rings. The molecular weight excluding hydrogens is 206 g/mol. The largest absolute Gasteiger partial charge is 0.371 e. The zero-order valence-electron chi connectivity index (χ0n) is 9.08. The highest BCUT2D eigenvalue weighted by molar-refractivity contribution is 6.17. The highest BCUT2D eigenvalue weighted by atomic mass is 35.5. The number of hydrogen-bond donors (Lipinski definition) is 0. The summed E-state index contributed by atoms with van der Waals surface area (Å²) >= 11 is 5.70. The molecule has 0 amide bonds. The molecule has 0 N–H and O–H groups in total. The van der Waals surface area contributed by atoms with Crippen molar-refractivity contribution in [2.45, 2.75) is 25.7 Å². The first-order valence-electron chi connectivity index (χ1n) is 5.80. The number of anilines is 1. The van der Waals surface area contributed by atoms with Crippen molar-refractivity contribution < 1.29 is 0 Å². The number of halogens is 1. The summed E-state index contributed by atoms with van der Waals surface area (Å²) in [5, 5.41) is 0. The van der Waals surface area contributed by atoms with Gasteiger partial charge in [0.25, 0.3) is 0 Å². The second-order valence-electron chi connectivity index (χ2n) is 4.12. The molecule has 0 atom stereocenters. The van der Waals surface area contributed by atoms with Crippen LogP contribution in [0.15, 0.2) is 24.3 Å². The first-order valence-corrected chi connectivity index (χ1v) is 6.34. The molecule has 0 aliphatic carbocycles. The number of fused-ring (bicyclic) bond motifs is 1. The quantitative estimate of drug-likeness (QED) is 0.558. The molecule has 1 nitrogen and oxygen atoms in total. The van der Waals surface area contributed by atoms with Crippen molar-refractivity contribution in [2.75, 3.05) is 23.9 Å². The monoisotopic (exact) mass is 223 g/mol. The van der Waals surface area contributed by atoms with E-state index in [9.17, 15) is 0 Å². The summed E-state index contributed by atoms with van der Waals surface area (Å²) in [4.78, 5) is 2.51. The van der Waals surface area contributed by atoms with Crippen LogP contribution in [0.2, 0.25) is 0 Å². The zero-order chi connectivity index (χ0) is 10.5. The van der Waals surface area contributed by atoms with Gasteiger partial charge in [0.1, 0.15) is 0 Å². The third-order valence-corrected chi connectivity index (χ3v) is 3.29. The molecule has 0 radical (unpaired) electrons. The lowest BCUT2D eigenvalue weighted by atomic mass is 10.0. The third-order valence-electron chi connectivity index (χ3n) is 3.02. The van der Waals surface area contributed by atoms with Crippen LogP contribution in [-0.2, 0) is 6.42 Å². The van der Waals surface area contributed by atoms with Crippen molar-refractivity contribution in [3.05, 3.63) is 29.8 Å². The van der Waals surface area contributed by atoms with Crippen molar-refractivity contribution >= 4 is 17.3 Å². The molecule has 2 heteroatoms. The summed E-state index contributed by atoms with van der Waals surface area (Å²) in [7, 11) is 0. The molecule has 0 saturated carbocycles. The number of rotatable bonds is 4. The first-order chi connectivity index (χ1) is 7.42. The number of alkyl halides is 1. The lowest BCUT2D eigenvalue weighted by Gasteiger charge is -2.31. The van der Waals surface area contributed by atoms with Crippen molar-refractivity contribution in [1.29, 1.82) is 0 Å². The van der Waals surface area contributed by atoms with Gasteiger partial charge in [-0.05, 0) is 37.3 Å². The predicted octanol–water partition coefficient (Wildman–Crippen LogP) is 3.46. The summed E-state index contributed by atoms with van der Waals surface area (Å²) in [6, 6.07) is 8.78. The number of aryl methyl sites for hydroxylation is 1. The Kier molecular flexibility index (Phi) is 3.90. The standard InChI is InChI=1S/C13H18ClN/c14-9-3-4-10-15-11-5-7-12-6-1-2-8-13(12)15/h1-2,6,8H,3-5,7,9-11H2. The number of para-hydroxylation sites is 1. The molecule has 0 saturated heterocycles. The van der Waals surface area contributed by atoms with Crippen LogP contribution in [0.25, 0.3) is 0 Å². The summed E-state index contributed by atoms with van der Waals surface area (Å²) in [5.41, 5.74) is 2.95. The molecule has 1 heterocycles. The normalized spacial score (nSPS) is 15.1. The van der Waals surface area contributed by atoms with Crippen LogP contribution < -0.4 is 4.90 Å². The van der Waals surface area contributed by atoms with Gasteiger partial charge in [-0.15, -0.1) is 11.6 Å². The summed E-state index contributed by atoms with van der Waals surface area (Å²) in [5.74, 6) is 0.787. The lowest BCUT2D eigenvalue weighted by molar-refractivity contribution is 0.660. The Morgan fingerprint density at radius 1 is 1.20 bits per heavy atom. The van der Waals surface area contributed by atoms with Crippen LogP contribution >= 0.6 is 11.6 Å². The third kappa shape index (κ3) is 2.66. The molecular formula is C13H18ClN. The SMILES string of the molecule is ClCCCCN1CCCc2ccccc21. The Morgan fingerprint density at radius 3 is 2.93 bits per heavy atom. The van der Waals surface area contributed by atoms with Crippen molar-refractivity contribution in [3.8, 4) is 0 Å². The van der Waals surface area contributed by atoms with Gasteiger partial charge in [0.2, 0.25) is 0 Å². The fourth-order valence-corrected chi connectivity index (χ4v) is 2.43. The summed E-state index contributed by atoms with van der Waals surface area (Å²) in [6.07, 6.45) is 4.86. The van der Waals surface area contributed by atoms with E-state index in [1.54, 1.807) is 0 Å². The van der Waals surface area contributed by atoms with E-state index in [1.807, 2.05) is 0 Å². The van der Waals surface area contributed by atoms with Gasteiger partial charge in [0, 0.05) is 24.7 Å². The molecule has 1 aromatic carbocycles. The van der Waals surface area contributed by atoms with E-state index in [-0.39, 0.29) is 0 Å². The maximum atomic E-state index is 5.70. The van der Waals surface area contributed by atoms with E-state index in [0.29, 0.717) is 0 Å². The van der Waals surface area contributed by atoms with Crippen LogP contribution in [0.3, 0.4) is 0 Å². The molecule has 0 aromatic heterocycles. The molecule has 15 heavy (non-hydrogen) atoms. The maximum Gasteiger partial charge on any atom is 0.0398 e. The van der Waals surface area contributed by atoms with Gasteiger partial charge < -0.3 is 4.90 Å². The zero-order valence-corrected chi connectivity index (χ0v) is 9.84. The van der Waals surface area contributed by atoms with Gasteiger partial charge in [0.15, 0.2) is 0 Å². The van der Waals surface area contributed by atoms with Crippen LogP contribution in [-0.4, -0.2) is 19.0 Å². The smallest absolute Gasteiger partial charge is 0.0398 e. The van der Waals surface area contributed by atoms with E-state index in [1.165, 1.54) is 37.1 Å². The van der Waals surface area contributed by atoms with Gasteiger partial charge in [0.05, 0.1) is 0 Å². The molecule has 2 rings (SSSR count). The molecule has 0 fully saturated rings. The Balaban J connectivity index is 2.02. The Bertz CT molecular complexity index is 311. The Labute approximate surface area is 97.0 Å². The van der Waals surface area contributed by atoms with Gasteiger partial charge >= 0.3 is 0 Å². The van der Waals surface area contributed by atoms with Crippen LogP contribution in [0.4, 0.5) is 5.69 Å². The van der Waals surface area contributed by atoms with Gasteiger partial charge in [-0.3, -0.25) is 0 Å². The predicted molar refractivity (Wildman–Crippen MR) is 66.9 cm³/mol. The Hall–Kier alpha value is -0.690. The fourth-order valence-electron chi connectivity index (χ4n) is 2.24. The number of benzene rings is 1. The lowest BCUT2D eigenvalue weighted by Crippen LogP contribution is -2.30. The second kappa shape index (κ2) is 5.41. The van der Waals surface area contributed by atoms with Gasteiger partial charge in [-0.2, -0.15) is 0 Å². The van der Waals surface area contributed by atoms with E-state index in [0.717, 1.165) is 18.8 Å². The minimum atomic E-state index is 0.787. The van der Waals surface area contributed by atoms with Gasteiger partial charge in [-0.25, -0.2) is 0 Å². The van der Waals surface area contributed by atoms with E-state index in [4.69, 9.17) is 11.6 Å². The van der Waals surface area contributed by atoms with E-state index < -0.39 is 0 Å². The molecule has 0 bridgehead atoms. The van der Waals surface area contributed by atoms with E-state index in [2.05, 4.69) is 29.2 Å². The number of nitrogens with zero attached hydrogens (tertiary/aromatic N) is 1. The molecule has 82 valence electrons. The second-order valence-corrected chi connectivity index (χ2v) is 4.49. The van der Waals surface area contributed by atoms with Crippen molar-refractivity contribution in [1.82, 2.24) is 0 Å². The summed E-state index contributed by atoms with van der Waals surface area (Å²) < 4.78 is 0.